The molecule has 0 saturated carbocycles. The third-order valence-electron chi connectivity index (χ3n) is 2.51. The van der Waals surface area contributed by atoms with Crippen LogP contribution in [0.5, 0.6) is 0 Å². The van der Waals surface area contributed by atoms with E-state index in [1.54, 1.807) is 24.3 Å². The number of pyridine rings is 1. The van der Waals surface area contributed by atoms with Crippen molar-refractivity contribution in [3.05, 3.63) is 34.7 Å². The van der Waals surface area contributed by atoms with Crippen LogP contribution in [0.4, 0.5) is 5.82 Å². The van der Waals surface area contributed by atoms with Gasteiger partial charge < -0.3 is 5.32 Å². The van der Waals surface area contributed by atoms with E-state index >= 15 is 0 Å². The number of anilines is 1. The first-order valence-corrected chi connectivity index (χ1v) is 7.72. The molecule has 19 heavy (non-hydrogen) atoms. The fourth-order valence-corrected chi connectivity index (χ4v) is 2.78. The minimum Gasteiger partial charge on any atom is -0.370 e. The molecule has 0 spiro atoms. The molecule has 0 bridgehead atoms. The molecular formula is C13H15BrN4S. The quantitative estimate of drug-likeness (QED) is 0.840. The van der Waals surface area contributed by atoms with Crippen molar-refractivity contribution in [2.24, 2.45) is 0 Å². The lowest BCUT2D eigenvalue weighted by Crippen LogP contribution is -2.05. The second-order valence-electron chi connectivity index (χ2n) is 3.81. The molecule has 100 valence electrons. The molecule has 0 aliphatic carbocycles. The van der Waals surface area contributed by atoms with Crippen molar-refractivity contribution >= 4 is 33.5 Å². The highest BCUT2D eigenvalue weighted by Gasteiger charge is 2.11. The van der Waals surface area contributed by atoms with Crippen molar-refractivity contribution in [1.29, 1.82) is 0 Å². The third kappa shape index (κ3) is 3.67. The van der Waals surface area contributed by atoms with E-state index in [0.29, 0.717) is 0 Å². The standard InChI is InChI=1S/C13H15BrN4S/c1-3-10-12(15-4-2)17-8-18-13(10)19-11-6-5-9(14)7-16-11/h5-8H,3-4H2,1-2H3,(H,15,17,18). The van der Waals surface area contributed by atoms with Crippen LogP contribution < -0.4 is 5.32 Å². The molecule has 0 radical (unpaired) electrons. The first-order chi connectivity index (χ1) is 9.24. The van der Waals surface area contributed by atoms with E-state index in [1.165, 1.54) is 0 Å². The van der Waals surface area contributed by atoms with Gasteiger partial charge in [0.25, 0.3) is 0 Å². The number of aromatic nitrogens is 3. The molecule has 0 amide bonds. The lowest BCUT2D eigenvalue weighted by atomic mass is 10.2. The topological polar surface area (TPSA) is 50.7 Å². The smallest absolute Gasteiger partial charge is 0.133 e. The molecule has 0 saturated heterocycles. The zero-order valence-corrected chi connectivity index (χ0v) is 13.3. The summed E-state index contributed by atoms with van der Waals surface area (Å²) in [7, 11) is 0. The predicted molar refractivity (Wildman–Crippen MR) is 81.6 cm³/mol. The fourth-order valence-electron chi connectivity index (χ4n) is 1.64. The highest BCUT2D eigenvalue weighted by Crippen LogP contribution is 2.30. The Balaban J connectivity index is 2.28. The lowest BCUT2D eigenvalue weighted by molar-refractivity contribution is 0.934. The zero-order valence-electron chi connectivity index (χ0n) is 10.9. The van der Waals surface area contributed by atoms with Crippen LogP contribution in [-0.4, -0.2) is 21.5 Å². The Morgan fingerprint density at radius 1 is 1.21 bits per heavy atom. The number of nitrogens with one attached hydrogen (secondary N) is 1. The van der Waals surface area contributed by atoms with Gasteiger partial charge in [0.05, 0.1) is 0 Å². The summed E-state index contributed by atoms with van der Waals surface area (Å²) in [5.41, 5.74) is 1.14. The van der Waals surface area contributed by atoms with Gasteiger partial charge in [-0.05, 0) is 53.2 Å². The van der Waals surface area contributed by atoms with Crippen LogP contribution >= 0.6 is 27.7 Å². The van der Waals surface area contributed by atoms with Crippen molar-refractivity contribution < 1.29 is 0 Å². The molecule has 0 unspecified atom stereocenters. The molecule has 0 atom stereocenters. The summed E-state index contributed by atoms with van der Waals surface area (Å²) in [4.78, 5) is 13.0. The van der Waals surface area contributed by atoms with Gasteiger partial charge in [-0.1, -0.05) is 6.92 Å². The molecule has 1 N–H and O–H groups in total. The molecule has 4 nitrogen and oxygen atoms in total. The van der Waals surface area contributed by atoms with E-state index in [-0.39, 0.29) is 0 Å². The van der Waals surface area contributed by atoms with Gasteiger partial charge in [0.2, 0.25) is 0 Å². The van der Waals surface area contributed by atoms with E-state index in [4.69, 9.17) is 0 Å². The average Bonchev–Trinajstić information content (AvgIpc) is 2.42. The minimum atomic E-state index is 0.852. The highest BCUT2D eigenvalue weighted by molar-refractivity contribution is 9.10. The van der Waals surface area contributed by atoms with Gasteiger partial charge in [-0.15, -0.1) is 0 Å². The molecule has 2 rings (SSSR count). The van der Waals surface area contributed by atoms with Crippen LogP contribution in [-0.2, 0) is 6.42 Å². The summed E-state index contributed by atoms with van der Waals surface area (Å²) >= 11 is 4.95. The zero-order chi connectivity index (χ0) is 13.7. The van der Waals surface area contributed by atoms with E-state index in [9.17, 15) is 0 Å². The van der Waals surface area contributed by atoms with Crippen molar-refractivity contribution in [2.45, 2.75) is 30.3 Å². The molecule has 2 aromatic rings. The Kier molecular flexibility index (Phi) is 5.15. The van der Waals surface area contributed by atoms with Crippen molar-refractivity contribution in [3.63, 3.8) is 0 Å². The Morgan fingerprint density at radius 2 is 2.05 bits per heavy atom. The largest absolute Gasteiger partial charge is 0.370 e. The molecular weight excluding hydrogens is 324 g/mol. The number of hydrogen-bond donors (Lipinski definition) is 1. The number of hydrogen-bond acceptors (Lipinski definition) is 5. The molecule has 2 aromatic heterocycles. The van der Waals surface area contributed by atoms with Gasteiger partial charge in [-0.3, -0.25) is 0 Å². The minimum absolute atomic E-state index is 0.852. The van der Waals surface area contributed by atoms with Gasteiger partial charge in [0.15, 0.2) is 0 Å². The summed E-state index contributed by atoms with van der Waals surface area (Å²) < 4.78 is 0.976. The normalized spacial score (nSPS) is 10.5. The first-order valence-electron chi connectivity index (χ1n) is 6.11. The maximum absolute atomic E-state index is 4.37. The summed E-state index contributed by atoms with van der Waals surface area (Å²) in [6, 6.07) is 3.95. The Morgan fingerprint density at radius 3 is 2.68 bits per heavy atom. The molecule has 0 fully saturated rings. The van der Waals surface area contributed by atoms with E-state index in [0.717, 1.165) is 38.9 Å². The number of halogens is 1. The van der Waals surface area contributed by atoms with Gasteiger partial charge in [-0.25, -0.2) is 15.0 Å². The Labute approximate surface area is 125 Å². The van der Waals surface area contributed by atoms with Gasteiger partial charge in [0, 0.05) is 22.8 Å². The SMILES string of the molecule is CCNc1ncnc(Sc2ccc(Br)cn2)c1CC. The van der Waals surface area contributed by atoms with Crippen molar-refractivity contribution in [3.8, 4) is 0 Å². The summed E-state index contributed by atoms with van der Waals surface area (Å²) in [6.07, 6.45) is 4.28. The second kappa shape index (κ2) is 6.86. The Hall–Kier alpha value is -1.14. The van der Waals surface area contributed by atoms with E-state index < -0.39 is 0 Å². The van der Waals surface area contributed by atoms with Crippen LogP contribution in [0.15, 0.2) is 39.2 Å². The number of rotatable bonds is 5. The third-order valence-corrected chi connectivity index (χ3v) is 3.97. The maximum atomic E-state index is 4.37. The Bertz CT molecular complexity index is 545. The van der Waals surface area contributed by atoms with E-state index in [1.807, 2.05) is 12.1 Å². The van der Waals surface area contributed by atoms with Crippen LogP contribution in [0, 0.1) is 0 Å². The lowest BCUT2D eigenvalue weighted by Gasteiger charge is -2.11. The summed E-state index contributed by atoms with van der Waals surface area (Å²) in [6.45, 7) is 5.02. The monoisotopic (exact) mass is 338 g/mol. The predicted octanol–water partition coefficient (Wildman–Crippen LogP) is 3.78. The molecule has 0 aromatic carbocycles. The van der Waals surface area contributed by atoms with Crippen molar-refractivity contribution in [2.75, 3.05) is 11.9 Å². The maximum Gasteiger partial charge on any atom is 0.133 e. The first kappa shape index (κ1) is 14.3. The van der Waals surface area contributed by atoms with Gasteiger partial charge in [0.1, 0.15) is 22.2 Å². The molecule has 0 aliphatic rings. The van der Waals surface area contributed by atoms with E-state index in [2.05, 4.69) is 50.0 Å². The number of nitrogens with zero attached hydrogens (tertiary/aromatic N) is 3. The van der Waals surface area contributed by atoms with Crippen LogP contribution in [0.2, 0.25) is 0 Å². The van der Waals surface area contributed by atoms with Crippen molar-refractivity contribution in [1.82, 2.24) is 15.0 Å². The summed E-state index contributed by atoms with van der Waals surface area (Å²) in [5.74, 6) is 0.916. The summed E-state index contributed by atoms with van der Waals surface area (Å²) in [5, 5.41) is 5.16. The molecule has 6 heteroatoms. The molecule has 0 aliphatic heterocycles. The van der Waals surface area contributed by atoms with Crippen LogP contribution in [0.3, 0.4) is 0 Å². The van der Waals surface area contributed by atoms with Gasteiger partial charge >= 0.3 is 0 Å². The van der Waals surface area contributed by atoms with Crippen LogP contribution in [0.1, 0.15) is 19.4 Å². The van der Waals surface area contributed by atoms with Gasteiger partial charge in [-0.2, -0.15) is 0 Å². The van der Waals surface area contributed by atoms with Crippen LogP contribution in [0.25, 0.3) is 0 Å². The fraction of sp³-hybridized carbons (Fsp3) is 0.308. The molecule has 2 heterocycles. The average molecular weight is 339 g/mol. The highest BCUT2D eigenvalue weighted by atomic mass is 79.9. The second-order valence-corrected chi connectivity index (χ2v) is 5.73.